The Morgan fingerprint density at radius 3 is 1.53 bits per heavy atom. The Bertz CT molecular complexity index is 903. The van der Waals surface area contributed by atoms with E-state index in [9.17, 15) is 5.11 Å². The Morgan fingerprint density at radius 1 is 0.625 bits per heavy atom. The van der Waals surface area contributed by atoms with Crippen LogP contribution < -0.4 is 0 Å². The quantitative estimate of drug-likeness (QED) is 0.520. The minimum atomic E-state index is -0.476. The van der Waals surface area contributed by atoms with Crippen molar-refractivity contribution in [2.45, 2.75) is 44.2 Å². The van der Waals surface area contributed by atoms with Gasteiger partial charge in [-0.15, -0.1) is 0 Å². The molecule has 3 unspecified atom stereocenters. The van der Waals surface area contributed by atoms with Gasteiger partial charge in [0.25, 0.3) is 0 Å². The number of aliphatic hydroxyl groups excluding tert-OH is 1. The summed E-state index contributed by atoms with van der Waals surface area (Å²) in [6, 6.07) is 30.0. The maximum atomic E-state index is 9.95. The van der Waals surface area contributed by atoms with Gasteiger partial charge in [0.2, 0.25) is 0 Å². The largest absolute Gasteiger partial charge is 0.394 e. The zero-order chi connectivity index (χ0) is 22.0. The molecule has 32 heavy (non-hydrogen) atoms. The minimum Gasteiger partial charge on any atom is -0.394 e. The van der Waals surface area contributed by atoms with E-state index >= 15 is 0 Å². The van der Waals surface area contributed by atoms with Gasteiger partial charge < -0.3 is 24.1 Å². The third kappa shape index (κ3) is 6.25. The Kier molecular flexibility index (Phi) is 8.42. The van der Waals surface area contributed by atoms with Crippen molar-refractivity contribution >= 4 is 0 Å². The molecule has 1 heterocycles. The molecule has 1 aliphatic rings. The molecule has 5 nitrogen and oxygen atoms in total. The SMILES string of the molecule is OCC1OCC(OCc2ccccc2)C(OCc2ccccc2)[C@H]1OCc1ccccc1. The summed E-state index contributed by atoms with van der Waals surface area (Å²) < 4.78 is 24.8. The summed E-state index contributed by atoms with van der Waals surface area (Å²) in [4.78, 5) is 0. The van der Waals surface area contributed by atoms with Gasteiger partial charge in [0.1, 0.15) is 24.4 Å². The third-order valence-corrected chi connectivity index (χ3v) is 5.59. The Balaban J connectivity index is 1.49. The van der Waals surface area contributed by atoms with Crippen molar-refractivity contribution < 1.29 is 24.1 Å². The van der Waals surface area contributed by atoms with E-state index in [0.29, 0.717) is 26.4 Å². The molecule has 0 spiro atoms. The van der Waals surface area contributed by atoms with Gasteiger partial charge >= 0.3 is 0 Å². The molecule has 3 aromatic rings. The molecule has 0 bridgehead atoms. The van der Waals surface area contributed by atoms with Crippen molar-refractivity contribution in [1.29, 1.82) is 0 Å². The van der Waals surface area contributed by atoms with Crippen molar-refractivity contribution in [3.8, 4) is 0 Å². The van der Waals surface area contributed by atoms with Gasteiger partial charge in [-0.05, 0) is 16.7 Å². The molecule has 4 atom stereocenters. The average Bonchev–Trinajstić information content (AvgIpc) is 2.87. The second-order valence-corrected chi connectivity index (χ2v) is 7.91. The molecule has 5 heteroatoms. The van der Waals surface area contributed by atoms with Gasteiger partial charge in [-0.25, -0.2) is 0 Å². The predicted molar refractivity (Wildman–Crippen MR) is 122 cm³/mol. The normalized spacial score (nSPS) is 23.2. The van der Waals surface area contributed by atoms with Crippen LogP contribution in [0.15, 0.2) is 91.0 Å². The van der Waals surface area contributed by atoms with Crippen LogP contribution in [0.5, 0.6) is 0 Å². The van der Waals surface area contributed by atoms with E-state index in [4.69, 9.17) is 18.9 Å². The lowest BCUT2D eigenvalue weighted by Gasteiger charge is -2.41. The Labute approximate surface area is 189 Å². The van der Waals surface area contributed by atoms with Crippen LogP contribution in [0, 0.1) is 0 Å². The lowest BCUT2D eigenvalue weighted by molar-refractivity contribution is -0.243. The molecule has 0 radical (unpaired) electrons. The summed E-state index contributed by atoms with van der Waals surface area (Å²) in [5.74, 6) is 0. The zero-order valence-electron chi connectivity index (χ0n) is 18.1. The summed E-state index contributed by atoms with van der Waals surface area (Å²) in [6.07, 6.45) is -1.63. The molecule has 1 saturated heterocycles. The van der Waals surface area contributed by atoms with E-state index in [2.05, 4.69) is 0 Å². The summed E-state index contributed by atoms with van der Waals surface area (Å²) in [5.41, 5.74) is 3.21. The van der Waals surface area contributed by atoms with Crippen molar-refractivity contribution in [2.75, 3.05) is 13.2 Å². The van der Waals surface area contributed by atoms with Gasteiger partial charge in [0.15, 0.2) is 0 Å². The molecule has 0 aliphatic carbocycles. The Hall–Kier alpha value is -2.54. The molecule has 1 aliphatic heterocycles. The fraction of sp³-hybridized carbons (Fsp3) is 0.333. The number of hydrogen-bond acceptors (Lipinski definition) is 5. The van der Waals surface area contributed by atoms with E-state index in [0.717, 1.165) is 16.7 Å². The van der Waals surface area contributed by atoms with Crippen molar-refractivity contribution in [2.24, 2.45) is 0 Å². The summed E-state index contributed by atoms with van der Waals surface area (Å²) >= 11 is 0. The van der Waals surface area contributed by atoms with Gasteiger partial charge in [-0.3, -0.25) is 0 Å². The molecule has 168 valence electrons. The van der Waals surface area contributed by atoms with Crippen molar-refractivity contribution in [1.82, 2.24) is 0 Å². The summed E-state index contributed by atoms with van der Waals surface area (Å²) in [7, 11) is 0. The van der Waals surface area contributed by atoms with Gasteiger partial charge in [0, 0.05) is 0 Å². The summed E-state index contributed by atoms with van der Waals surface area (Å²) in [6.45, 7) is 1.48. The van der Waals surface area contributed by atoms with Gasteiger partial charge in [-0.1, -0.05) is 91.0 Å². The van der Waals surface area contributed by atoms with Crippen LogP contribution in [0.1, 0.15) is 16.7 Å². The fourth-order valence-corrected chi connectivity index (χ4v) is 3.85. The first kappa shape index (κ1) is 22.6. The second kappa shape index (κ2) is 11.9. The third-order valence-electron chi connectivity index (χ3n) is 5.59. The van der Waals surface area contributed by atoms with E-state index in [1.165, 1.54) is 0 Å². The van der Waals surface area contributed by atoms with Crippen molar-refractivity contribution in [3.05, 3.63) is 108 Å². The molecular formula is C27H30O5. The maximum Gasteiger partial charge on any atom is 0.115 e. The first-order valence-corrected chi connectivity index (χ1v) is 11.0. The van der Waals surface area contributed by atoms with Crippen LogP contribution in [-0.2, 0) is 38.8 Å². The van der Waals surface area contributed by atoms with Crippen LogP contribution in [0.25, 0.3) is 0 Å². The number of ether oxygens (including phenoxy) is 4. The molecule has 4 rings (SSSR count). The smallest absolute Gasteiger partial charge is 0.115 e. The fourth-order valence-electron chi connectivity index (χ4n) is 3.85. The van der Waals surface area contributed by atoms with Crippen LogP contribution >= 0.6 is 0 Å². The second-order valence-electron chi connectivity index (χ2n) is 7.91. The maximum absolute atomic E-state index is 9.95. The lowest BCUT2D eigenvalue weighted by Crippen LogP contribution is -2.57. The van der Waals surface area contributed by atoms with Crippen LogP contribution in [-0.4, -0.2) is 42.7 Å². The van der Waals surface area contributed by atoms with Gasteiger partial charge in [0.05, 0.1) is 33.0 Å². The molecule has 1 fully saturated rings. The minimum absolute atomic E-state index is 0.143. The number of rotatable bonds is 10. The highest BCUT2D eigenvalue weighted by atomic mass is 16.6. The predicted octanol–water partition coefficient (Wildman–Crippen LogP) is 4.13. The molecule has 0 aromatic heterocycles. The first-order chi connectivity index (χ1) is 15.8. The van der Waals surface area contributed by atoms with Crippen LogP contribution in [0.2, 0.25) is 0 Å². The number of aliphatic hydroxyl groups is 1. The van der Waals surface area contributed by atoms with Crippen LogP contribution in [0.4, 0.5) is 0 Å². The first-order valence-electron chi connectivity index (χ1n) is 11.0. The summed E-state index contributed by atoms with van der Waals surface area (Å²) in [5, 5.41) is 9.95. The lowest BCUT2D eigenvalue weighted by atomic mass is 9.99. The highest BCUT2D eigenvalue weighted by molar-refractivity contribution is 5.15. The molecular weight excluding hydrogens is 404 g/mol. The van der Waals surface area contributed by atoms with E-state index in [1.54, 1.807) is 0 Å². The topological polar surface area (TPSA) is 57.2 Å². The highest BCUT2D eigenvalue weighted by Crippen LogP contribution is 2.26. The standard InChI is InChI=1S/C27H30O5/c28-16-24-26(31-18-22-12-6-2-7-13-22)27(32-19-23-14-8-3-9-15-23)25(20-30-24)29-17-21-10-4-1-5-11-21/h1-15,24-28H,16-20H2/t24?,25?,26-,27?/m0/s1. The number of benzene rings is 3. The van der Waals surface area contributed by atoms with E-state index in [1.807, 2.05) is 91.0 Å². The number of hydrogen-bond donors (Lipinski definition) is 1. The molecule has 0 saturated carbocycles. The van der Waals surface area contributed by atoms with Gasteiger partial charge in [-0.2, -0.15) is 0 Å². The van der Waals surface area contributed by atoms with Crippen LogP contribution in [0.3, 0.4) is 0 Å². The average molecular weight is 435 g/mol. The Morgan fingerprint density at radius 2 is 1.06 bits per heavy atom. The van der Waals surface area contributed by atoms with E-state index in [-0.39, 0.29) is 18.8 Å². The van der Waals surface area contributed by atoms with E-state index < -0.39 is 12.2 Å². The zero-order valence-corrected chi connectivity index (χ0v) is 18.1. The molecule has 0 amide bonds. The monoisotopic (exact) mass is 434 g/mol. The molecule has 3 aromatic carbocycles. The highest BCUT2D eigenvalue weighted by Gasteiger charge is 2.42. The van der Waals surface area contributed by atoms with Crippen molar-refractivity contribution in [3.63, 3.8) is 0 Å². The molecule has 1 N–H and O–H groups in total.